The second kappa shape index (κ2) is 8.12. The summed E-state index contributed by atoms with van der Waals surface area (Å²) in [5.41, 5.74) is 0.815. The molecule has 0 saturated carbocycles. The van der Waals surface area contributed by atoms with Gasteiger partial charge in [0.05, 0.1) is 4.88 Å². The monoisotopic (exact) mass is 359 g/mol. The maximum absolute atomic E-state index is 12.0. The maximum Gasteiger partial charge on any atom is 0.226 e. The molecule has 0 saturated heterocycles. The predicted molar refractivity (Wildman–Crippen MR) is 97.4 cm³/mol. The molecule has 0 radical (unpaired) electrons. The van der Waals surface area contributed by atoms with Crippen molar-refractivity contribution in [3.8, 4) is 10.7 Å². The van der Waals surface area contributed by atoms with Crippen LogP contribution in [0.1, 0.15) is 18.7 Å². The van der Waals surface area contributed by atoms with Crippen LogP contribution in [0.15, 0.2) is 51.2 Å². The molecular formula is C17H17N3O2S2. The van der Waals surface area contributed by atoms with Crippen LogP contribution in [0.4, 0.5) is 5.69 Å². The Hall–Kier alpha value is -2.12. The minimum atomic E-state index is -0.00935. The Bertz CT molecular complexity index is 783. The summed E-state index contributed by atoms with van der Waals surface area (Å²) in [5, 5.41) is 8.83. The molecule has 0 atom stereocenters. The molecule has 124 valence electrons. The van der Waals surface area contributed by atoms with Crippen LogP contribution in [0, 0.1) is 0 Å². The first-order valence-electron chi connectivity index (χ1n) is 7.55. The third-order valence-electron chi connectivity index (χ3n) is 3.38. The van der Waals surface area contributed by atoms with Gasteiger partial charge in [-0.1, -0.05) is 11.2 Å². The van der Waals surface area contributed by atoms with Gasteiger partial charge in [0, 0.05) is 23.4 Å². The second-order valence-corrected chi connectivity index (χ2v) is 6.95. The fourth-order valence-corrected chi connectivity index (χ4v) is 3.22. The summed E-state index contributed by atoms with van der Waals surface area (Å²) in [4.78, 5) is 18.5. The van der Waals surface area contributed by atoms with Crippen molar-refractivity contribution in [1.29, 1.82) is 0 Å². The lowest BCUT2D eigenvalue weighted by atomic mass is 10.2. The first kappa shape index (κ1) is 16.7. The van der Waals surface area contributed by atoms with E-state index in [0.717, 1.165) is 10.6 Å². The lowest BCUT2D eigenvalue weighted by Gasteiger charge is -2.05. The molecule has 0 aliphatic rings. The number of aromatic nitrogens is 2. The number of carbonyl (C=O) groups excluding carboxylic acids is 1. The number of anilines is 1. The number of nitrogens with zero attached hydrogens (tertiary/aromatic N) is 2. The molecule has 2 aromatic heterocycles. The SMILES string of the molecule is CSc1ccc(NC(=O)CCCc2nc(-c3cccs3)no2)cc1. The van der Waals surface area contributed by atoms with Crippen molar-refractivity contribution in [3.05, 3.63) is 47.7 Å². The van der Waals surface area contributed by atoms with E-state index in [1.165, 1.54) is 4.90 Å². The summed E-state index contributed by atoms with van der Waals surface area (Å²) in [6, 6.07) is 11.7. The van der Waals surface area contributed by atoms with E-state index in [4.69, 9.17) is 4.52 Å². The van der Waals surface area contributed by atoms with Gasteiger partial charge in [-0.2, -0.15) is 4.98 Å². The van der Waals surface area contributed by atoms with E-state index in [2.05, 4.69) is 15.5 Å². The standard InChI is InChI=1S/C17H17N3O2S2/c1-23-13-9-7-12(8-10-13)18-15(21)5-2-6-16-19-17(20-22-16)14-4-3-11-24-14/h3-4,7-11H,2,5-6H2,1H3,(H,18,21). The van der Waals surface area contributed by atoms with Gasteiger partial charge in [-0.05, 0) is 48.4 Å². The molecule has 2 heterocycles. The van der Waals surface area contributed by atoms with Crippen LogP contribution in [0.5, 0.6) is 0 Å². The highest BCUT2D eigenvalue weighted by Gasteiger charge is 2.10. The van der Waals surface area contributed by atoms with Gasteiger partial charge in [-0.25, -0.2) is 0 Å². The van der Waals surface area contributed by atoms with Crippen molar-refractivity contribution in [2.24, 2.45) is 0 Å². The smallest absolute Gasteiger partial charge is 0.226 e. The van der Waals surface area contributed by atoms with Crippen LogP contribution < -0.4 is 5.32 Å². The minimum absolute atomic E-state index is 0.00935. The van der Waals surface area contributed by atoms with E-state index < -0.39 is 0 Å². The predicted octanol–water partition coefficient (Wildman–Crippen LogP) is 4.48. The number of hydrogen-bond acceptors (Lipinski definition) is 6. The average Bonchev–Trinajstić information content (AvgIpc) is 3.27. The number of rotatable bonds is 7. The molecular weight excluding hydrogens is 342 g/mol. The zero-order chi connectivity index (χ0) is 16.8. The molecule has 1 aromatic carbocycles. The number of nitrogens with one attached hydrogen (secondary N) is 1. The van der Waals surface area contributed by atoms with Gasteiger partial charge in [0.1, 0.15) is 0 Å². The summed E-state index contributed by atoms with van der Waals surface area (Å²) in [5.74, 6) is 1.17. The Morgan fingerprint density at radius 3 is 2.83 bits per heavy atom. The molecule has 3 rings (SSSR count). The highest BCUT2D eigenvalue weighted by Crippen LogP contribution is 2.22. The quantitative estimate of drug-likeness (QED) is 0.630. The van der Waals surface area contributed by atoms with Gasteiger partial charge in [0.2, 0.25) is 17.6 Å². The molecule has 0 fully saturated rings. The number of hydrogen-bond donors (Lipinski definition) is 1. The summed E-state index contributed by atoms with van der Waals surface area (Å²) in [6.07, 6.45) is 3.70. The number of benzene rings is 1. The Kier molecular flexibility index (Phi) is 5.66. The van der Waals surface area contributed by atoms with Crippen molar-refractivity contribution in [2.45, 2.75) is 24.2 Å². The van der Waals surface area contributed by atoms with Crippen LogP contribution in [-0.4, -0.2) is 22.3 Å². The third kappa shape index (κ3) is 4.46. The minimum Gasteiger partial charge on any atom is -0.339 e. The molecule has 0 bridgehead atoms. The number of aryl methyl sites for hydroxylation is 1. The first-order valence-corrected chi connectivity index (χ1v) is 9.65. The van der Waals surface area contributed by atoms with Gasteiger partial charge in [-0.3, -0.25) is 4.79 Å². The fourth-order valence-electron chi connectivity index (χ4n) is 2.16. The molecule has 0 unspecified atom stereocenters. The molecule has 24 heavy (non-hydrogen) atoms. The average molecular weight is 359 g/mol. The summed E-state index contributed by atoms with van der Waals surface area (Å²) in [7, 11) is 0. The van der Waals surface area contributed by atoms with Crippen molar-refractivity contribution < 1.29 is 9.32 Å². The molecule has 5 nitrogen and oxygen atoms in total. The van der Waals surface area contributed by atoms with Crippen LogP contribution in [0.2, 0.25) is 0 Å². The van der Waals surface area contributed by atoms with Gasteiger partial charge < -0.3 is 9.84 Å². The van der Waals surface area contributed by atoms with E-state index >= 15 is 0 Å². The molecule has 1 N–H and O–H groups in total. The molecule has 0 aliphatic carbocycles. The molecule has 0 aliphatic heterocycles. The van der Waals surface area contributed by atoms with Gasteiger partial charge in [0.25, 0.3) is 0 Å². The number of thioether (sulfide) groups is 1. The van der Waals surface area contributed by atoms with E-state index in [-0.39, 0.29) is 5.91 Å². The molecule has 7 heteroatoms. The van der Waals surface area contributed by atoms with Crippen LogP contribution in [0.25, 0.3) is 10.7 Å². The van der Waals surface area contributed by atoms with E-state index in [0.29, 0.717) is 31.0 Å². The van der Waals surface area contributed by atoms with E-state index in [1.54, 1.807) is 23.1 Å². The number of carbonyl (C=O) groups is 1. The highest BCUT2D eigenvalue weighted by atomic mass is 32.2. The molecule has 1 amide bonds. The number of thiophene rings is 1. The van der Waals surface area contributed by atoms with Crippen molar-refractivity contribution >= 4 is 34.7 Å². The summed E-state index contributed by atoms with van der Waals surface area (Å²) in [6.45, 7) is 0. The van der Waals surface area contributed by atoms with Crippen LogP contribution in [-0.2, 0) is 11.2 Å². The Balaban J connectivity index is 1.45. The van der Waals surface area contributed by atoms with Crippen LogP contribution >= 0.6 is 23.1 Å². The maximum atomic E-state index is 12.0. The Morgan fingerprint density at radius 1 is 1.29 bits per heavy atom. The van der Waals surface area contributed by atoms with Gasteiger partial charge >= 0.3 is 0 Å². The summed E-state index contributed by atoms with van der Waals surface area (Å²) >= 11 is 3.24. The van der Waals surface area contributed by atoms with E-state index in [1.807, 2.05) is 48.0 Å². The van der Waals surface area contributed by atoms with Gasteiger partial charge in [0.15, 0.2) is 0 Å². The largest absolute Gasteiger partial charge is 0.339 e. The lowest BCUT2D eigenvalue weighted by Crippen LogP contribution is -2.11. The van der Waals surface area contributed by atoms with Crippen molar-refractivity contribution in [3.63, 3.8) is 0 Å². The zero-order valence-corrected chi connectivity index (χ0v) is 14.8. The fraction of sp³-hybridized carbons (Fsp3) is 0.235. The van der Waals surface area contributed by atoms with Crippen molar-refractivity contribution in [1.82, 2.24) is 10.1 Å². The Labute approximate surface area is 148 Å². The van der Waals surface area contributed by atoms with Crippen LogP contribution in [0.3, 0.4) is 0 Å². The number of amides is 1. The second-order valence-electron chi connectivity index (χ2n) is 5.12. The topological polar surface area (TPSA) is 68.0 Å². The molecule has 3 aromatic rings. The zero-order valence-electron chi connectivity index (χ0n) is 13.2. The first-order chi connectivity index (χ1) is 11.7. The lowest BCUT2D eigenvalue weighted by molar-refractivity contribution is -0.116. The highest BCUT2D eigenvalue weighted by molar-refractivity contribution is 7.98. The van der Waals surface area contributed by atoms with E-state index in [9.17, 15) is 4.79 Å². The molecule has 0 spiro atoms. The third-order valence-corrected chi connectivity index (χ3v) is 4.99. The summed E-state index contributed by atoms with van der Waals surface area (Å²) < 4.78 is 5.23. The normalized spacial score (nSPS) is 10.7. The Morgan fingerprint density at radius 2 is 2.12 bits per heavy atom. The van der Waals surface area contributed by atoms with Crippen molar-refractivity contribution in [2.75, 3.05) is 11.6 Å². The van der Waals surface area contributed by atoms with Gasteiger partial charge in [-0.15, -0.1) is 23.1 Å².